The van der Waals surface area contributed by atoms with Crippen molar-refractivity contribution in [1.29, 1.82) is 5.26 Å². The molecular weight excluding hydrogens is 254 g/mol. The van der Waals surface area contributed by atoms with Crippen LogP contribution < -0.4 is 10.1 Å². The van der Waals surface area contributed by atoms with Gasteiger partial charge in [0.2, 0.25) is 0 Å². The van der Waals surface area contributed by atoms with Crippen LogP contribution in [-0.4, -0.2) is 42.6 Å². The number of carbonyl (C=O) groups is 1. The lowest BCUT2D eigenvalue weighted by molar-refractivity contribution is 0.0686. The first kappa shape index (κ1) is 14.4. The Balaban J connectivity index is 2.18. The van der Waals surface area contributed by atoms with Gasteiger partial charge in [-0.05, 0) is 32.0 Å². The van der Waals surface area contributed by atoms with Crippen LogP contribution in [0.3, 0.4) is 0 Å². The van der Waals surface area contributed by atoms with E-state index in [2.05, 4.69) is 11.4 Å². The number of carbonyl (C=O) groups excluding carboxylic acids is 1. The predicted octanol–water partition coefficient (Wildman–Crippen LogP) is 1.41. The first-order valence-corrected chi connectivity index (χ1v) is 6.80. The second kappa shape index (κ2) is 6.40. The summed E-state index contributed by atoms with van der Waals surface area (Å²) in [5.41, 5.74) is 0.560. The molecule has 1 unspecified atom stereocenters. The lowest BCUT2D eigenvalue weighted by atomic mass is 10.1. The van der Waals surface area contributed by atoms with Crippen LogP contribution in [-0.2, 0) is 0 Å². The van der Waals surface area contributed by atoms with E-state index in [9.17, 15) is 4.79 Å². The van der Waals surface area contributed by atoms with Gasteiger partial charge in [0.25, 0.3) is 5.91 Å². The largest absolute Gasteiger partial charge is 0.491 e. The Bertz CT molecular complexity index is 522. The zero-order chi connectivity index (χ0) is 14.5. The van der Waals surface area contributed by atoms with Gasteiger partial charge in [0.05, 0.1) is 12.2 Å². The fourth-order valence-electron chi connectivity index (χ4n) is 2.20. The number of hydrogen-bond acceptors (Lipinski definition) is 4. The highest BCUT2D eigenvalue weighted by atomic mass is 16.5. The van der Waals surface area contributed by atoms with Gasteiger partial charge in [0.1, 0.15) is 11.8 Å². The number of benzene rings is 1. The van der Waals surface area contributed by atoms with E-state index >= 15 is 0 Å². The molecule has 1 aliphatic rings. The van der Waals surface area contributed by atoms with Crippen molar-refractivity contribution >= 4 is 5.91 Å². The fraction of sp³-hybridized carbons (Fsp3) is 0.467. The van der Waals surface area contributed by atoms with Crippen LogP contribution in [0.2, 0.25) is 0 Å². The zero-order valence-electron chi connectivity index (χ0n) is 11.8. The number of nitrogens with zero attached hydrogens (tertiary/aromatic N) is 2. The maximum atomic E-state index is 12.5. The molecule has 1 aliphatic heterocycles. The highest BCUT2D eigenvalue weighted by Gasteiger charge is 2.27. The quantitative estimate of drug-likeness (QED) is 0.904. The van der Waals surface area contributed by atoms with Gasteiger partial charge in [-0.25, -0.2) is 0 Å². The first-order valence-electron chi connectivity index (χ1n) is 6.80. The normalized spacial score (nSPS) is 18.7. The molecule has 0 bridgehead atoms. The van der Waals surface area contributed by atoms with E-state index < -0.39 is 6.04 Å². The molecule has 1 heterocycles. The smallest absolute Gasteiger partial charge is 0.255 e. The van der Waals surface area contributed by atoms with Gasteiger partial charge in [0, 0.05) is 25.2 Å². The summed E-state index contributed by atoms with van der Waals surface area (Å²) >= 11 is 0. The van der Waals surface area contributed by atoms with Crippen LogP contribution in [0, 0.1) is 11.3 Å². The van der Waals surface area contributed by atoms with Crippen LogP contribution in [0.15, 0.2) is 24.3 Å². The molecule has 5 nitrogen and oxygen atoms in total. The molecule has 2 rings (SSSR count). The minimum atomic E-state index is -0.411. The van der Waals surface area contributed by atoms with Crippen LogP contribution in [0.1, 0.15) is 24.2 Å². The molecule has 0 spiro atoms. The standard InChI is InChI=1S/C15H19N3O2/c1-11(2)20-14-5-3-4-12(8-14)15(19)18-7-6-17-10-13(18)9-16/h3-5,8,11,13,17H,6-7,10H2,1-2H3. The Kier molecular flexibility index (Phi) is 4.59. The van der Waals surface area contributed by atoms with Crippen LogP contribution >= 0.6 is 0 Å². The molecule has 1 N–H and O–H groups in total. The zero-order valence-corrected chi connectivity index (χ0v) is 11.8. The summed E-state index contributed by atoms with van der Waals surface area (Å²) in [5.74, 6) is 0.557. The number of rotatable bonds is 3. The number of nitrogens with one attached hydrogen (secondary N) is 1. The number of amides is 1. The average molecular weight is 273 g/mol. The van der Waals surface area contributed by atoms with E-state index in [1.165, 1.54) is 0 Å². The number of piperazine rings is 1. The summed E-state index contributed by atoms with van der Waals surface area (Å²) in [6, 6.07) is 8.87. The Labute approximate surface area is 119 Å². The molecule has 0 aliphatic carbocycles. The third-order valence-corrected chi connectivity index (χ3v) is 3.11. The van der Waals surface area contributed by atoms with E-state index in [1.807, 2.05) is 19.9 Å². The number of ether oxygens (including phenoxy) is 1. The molecule has 1 aromatic carbocycles. The predicted molar refractivity (Wildman–Crippen MR) is 75.5 cm³/mol. The molecule has 1 amide bonds. The molecule has 0 radical (unpaired) electrons. The molecule has 1 aromatic rings. The highest BCUT2D eigenvalue weighted by molar-refractivity contribution is 5.95. The van der Waals surface area contributed by atoms with E-state index in [4.69, 9.17) is 10.00 Å². The van der Waals surface area contributed by atoms with Gasteiger partial charge in [-0.2, -0.15) is 5.26 Å². The molecule has 0 aromatic heterocycles. The second-order valence-electron chi connectivity index (χ2n) is 5.04. The highest BCUT2D eigenvalue weighted by Crippen LogP contribution is 2.17. The van der Waals surface area contributed by atoms with Crippen molar-refractivity contribution in [2.45, 2.75) is 26.0 Å². The third kappa shape index (κ3) is 3.28. The van der Waals surface area contributed by atoms with Gasteiger partial charge in [-0.1, -0.05) is 6.07 Å². The topological polar surface area (TPSA) is 65.4 Å². The Morgan fingerprint density at radius 3 is 3.05 bits per heavy atom. The van der Waals surface area contributed by atoms with Crippen molar-refractivity contribution in [2.24, 2.45) is 0 Å². The second-order valence-corrected chi connectivity index (χ2v) is 5.04. The maximum Gasteiger partial charge on any atom is 0.255 e. The molecule has 0 saturated carbocycles. The van der Waals surface area contributed by atoms with Gasteiger partial charge >= 0.3 is 0 Å². The summed E-state index contributed by atoms with van der Waals surface area (Å²) in [4.78, 5) is 14.1. The van der Waals surface area contributed by atoms with Crippen LogP contribution in [0.25, 0.3) is 0 Å². The Morgan fingerprint density at radius 1 is 1.55 bits per heavy atom. The lowest BCUT2D eigenvalue weighted by Gasteiger charge is -2.32. The minimum absolute atomic E-state index is 0.0615. The van der Waals surface area contributed by atoms with Gasteiger partial charge in [0.15, 0.2) is 0 Å². The third-order valence-electron chi connectivity index (χ3n) is 3.11. The van der Waals surface area contributed by atoms with Crippen LogP contribution in [0.5, 0.6) is 5.75 Å². The molecule has 1 saturated heterocycles. The number of hydrogen-bond donors (Lipinski definition) is 1. The molecule has 1 atom stereocenters. The average Bonchev–Trinajstić information content (AvgIpc) is 2.46. The van der Waals surface area contributed by atoms with Crippen LogP contribution in [0.4, 0.5) is 0 Å². The van der Waals surface area contributed by atoms with E-state index in [-0.39, 0.29) is 12.0 Å². The monoisotopic (exact) mass is 273 g/mol. The SMILES string of the molecule is CC(C)Oc1cccc(C(=O)N2CCNCC2C#N)c1. The van der Waals surface area contributed by atoms with Gasteiger partial charge in [-0.3, -0.25) is 4.79 Å². The molecule has 106 valence electrons. The van der Waals surface area contributed by atoms with Crippen molar-refractivity contribution < 1.29 is 9.53 Å². The summed E-state index contributed by atoms with van der Waals surface area (Å²) in [6.07, 6.45) is 0.0615. The summed E-state index contributed by atoms with van der Waals surface area (Å²) < 4.78 is 5.60. The summed E-state index contributed by atoms with van der Waals surface area (Å²) in [6.45, 7) is 5.66. The molecular formula is C15H19N3O2. The number of nitriles is 1. The molecule has 1 fully saturated rings. The van der Waals surface area contributed by atoms with Crippen molar-refractivity contribution in [3.63, 3.8) is 0 Å². The summed E-state index contributed by atoms with van der Waals surface area (Å²) in [7, 11) is 0. The maximum absolute atomic E-state index is 12.5. The minimum Gasteiger partial charge on any atom is -0.491 e. The Hall–Kier alpha value is -2.06. The van der Waals surface area contributed by atoms with Gasteiger partial charge < -0.3 is 15.0 Å². The van der Waals surface area contributed by atoms with E-state index in [1.54, 1.807) is 23.1 Å². The van der Waals surface area contributed by atoms with Crippen molar-refractivity contribution in [3.05, 3.63) is 29.8 Å². The van der Waals surface area contributed by atoms with Gasteiger partial charge in [-0.15, -0.1) is 0 Å². The van der Waals surface area contributed by atoms with Crippen molar-refractivity contribution in [3.8, 4) is 11.8 Å². The molecule has 20 heavy (non-hydrogen) atoms. The fourth-order valence-corrected chi connectivity index (χ4v) is 2.20. The first-order chi connectivity index (χ1) is 9.61. The molecule has 5 heteroatoms. The lowest BCUT2D eigenvalue weighted by Crippen LogP contribution is -2.53. The van der Waals surface area contributed by atoms with Crippen molar-refractivity contribution in [2.75, 3.05) is 19.6 Å². The Morgan fingerprint density at radius 2 is 2.35 bits per heavy atom. The van der Waals surface area contributed by atoms with E-state index in [0.717, 1.165) is 0 Å². The van der Waals surface area contributed by atoms with E-state index in [0.29, 0.717) is 30.9 Å². The summed E-state index contributed by atoms with van der Waals surface area (Å²) in [5, 5.41) is 12.2. The van der Waals surface area contributed by atoms with Crippen molar-refractivity contribution in [1.82, 2.24) is 10.2 Å².